The zero-order chi connectivity index (χ0) is 15.1. The van der Waals surface area contributed by atoms with Crippen molar-refractivity contribution < 1.29 is 9.84 Å². The number of hydrogen-bond acceptors (Lipinski definition) is 2. The maximum absolute atomic E-state index is 6.09. The molecule has 0 saturated carbocycles. The lowest BCUT2D eigenvalue weighted by Gasteiger charge is -2.07. The highest BCUT2D eigenvalue weighted by Gasteiger charge is 2.01. The van der Waals surface area contributed by atoms with E-state index < -0.39 is 0 Å². The van der Waals surface area contributed by atoms with Crippen molar-refractivity contribution >= 4 is 35.1 Å². The van der Waals surface area contributed by atoms with Gasteiger partial charge in [-0.2, -0.15) is 0 Å². The van der Waals surface area contributed by atoms with Crippen molar-refractivity contribution in [2.75, 3.05) is 0 Å². The molecule has 0 heterocycles. The zero-order valence-electron chi connectivity index (χ0n) is 11.2. The normalized spacial score (nSPS) is 10.5. The summed E-state index contributed by atoms with van der Waals surface area (Å²) in [4.78, 5) is 0. The van der Waals surface area contributed by atoms with Gasteiger partial charge in [-0.25, -0.2) is 0 Å². The second-order valence-electron chi connectivity index (χ2n) is 4.23. The number of hydrazine groups is 1. The molecule has 2 aromatic rings. The van der Waals surface area contributed by atoms with Crippen LogP contribution in [0.1, 0.15) is 11.1 Å². The standard InChI is InChI=1S/C15H14ClN3OS/c16-14-7-2-1-5-12(14)10-20-13-6-3-4-11(8-13)9-18-19-15(17)21/h1-9H,10H2,(H3,17,19,21)/p+1. The van der Waals surface area contributed by atoms with Gasteiger partial charge < -0.3 is 10.5 Å². The molecule has 21 heavy (non-hydrogen) atoms. The Morgan fingerprint density at radius 2 is 2.10 bits per heavy atom. The Bertz CT molecular complexity index is 661. The molecule has 0 aliphatic carbocycles. The van der Waals surface area contributed by atoms with E-state index in [1.807, 2.05) is 48.5 Å². The van der Waals surface area contributed by atoms with Crippen LogP contribution < -0.4 is 21.0 Å². The van der Waals surface area contributed by atoms with E-state index in [0.29, 0.717) is 11.6 Å². The Morgan fingerprint density at radius 1 is 1.29 bits per heavy atom. The van der Waals surface area contributed by atoms with Crippen molar-refractivity contribution in [3.05, 3.63) is 64.7 Å². The molecule has 0 atom stereocenters. The maximum atomic E-state index is 6.09. The number of thiocarbonyl (C=S) groups is 1. The van der Waals surface area contributed by atoms with Crippen molar-refractivity contribution in [2.24, 2.45) is 5.73 Å². The van der Waals surface area contributed by atoms with Gasteiger partial charge in [-0.1, -0.05) is 35.9 Å². The van der Waals surface area contributed by atoms with Gasteiger partial charge in [-0.15, -0.1) is 10.5 Å². The van der Waals surface area contributed by atoms with E-state index in [1.54, 1.807) is 6.21 Å². The lowest BCUT2D eigenvalue weighted by atomic mass is 10.2. The fourth-order valence-corrected chi connectivity index (χ4v) is 1.91. The summed E-state index contributed by atoms with van der Waals surface area (Å²) in [5.74, 6) is 0.751. The lowest BCUT2D eigenvalue weighted by molar-refractivity contribution is -0.499. The number of nitrogens with one attached hydrogen (secondary N) is 2. The first-order chi connectivity index (χ1) is 10.1. The molecule has 0 aliphatic heterocycles. The first-order valence-electron chi connectivity index (χ1n) is 6.25. The van der Waals surface area contributed by atoms with Gasteiger partial charge in [0, 0.05) is 16.1 Å². The van der Waals surface area contributed by atoms with Gasteiger partial charge in [0.15, 0.2) is 6.21 Å². The molecule has 0 aromatic heterocycles. The molecular weight excluding hydrogens is 306 g/mol. The quantitative estimate of drug-likeness (QED) is 0.440. The van der Waals surface area contributed by atoms with Crippen LogP contribution in [0.2, 0.25) is 5.02 Å². The molecule has 0 radical (unpaired) electrons. The van der Waals surface area contributed by atoms with E-state index >= 15 is 0 Å². The van der Waals surface area contributed by atoms with E-state index in [0.717, 1.165) is 16.9 Å². The van der Waals surface area contributed by atoms with E-state index in [-0.39, 0.29) is 5.11 Å². The van der Waals surface area contributed by atoms with Gasteiger partial charge in [0.25, 0.3) is 0 Å². The van der Waals surface area contributed by atoms with Crippen LogP contribution in [-0.2, 0) is 6.61 Å². The number of nitrogens with two attached hydrogens (primary N) is 1. The topological polar surface area (TPSA) is 61.2 Å². The van der Waals surface area contributed by atoms with Crippen LogP contribution >= 0.6 is 23.8 Å². The molecule has 2 rings (SSSR count). The van der Waals surface area contributed by atoms with Crippen LogP contribution in [0.15, 0.2) is 48.5 Å². The summed E-state index contributed by atoms with van der Waals surface area (Å²) in [6.07, 6.45) is 1.74. The highest BCUT2D eigenvalue weighted by molar-refractivity contribution is 7.80. The lowest BCUT2D eigenvalue weighted by Crippen LogP contribution is -2.82. The second kappa shape index (κ2) is 7.61. The SMILES string of the molecule is NC(=S)N[NH+]=Cc1cccc(OCc2ccccc2Cl)c1. The summed E-state index contributed by atoms with van der Waals surface area (Å²) in [7, 11) is 0. The average Bonchev–Trinajstić information content (AvgIpc) is 2.46. The molecule has 0 bridgehead atoms. The largest absolute Gasteiger partial charge is 0.489 e. The highest BCUT2D eigenvalue weighted by Crippen LogP contribution is 2.18. The minimum absolute atomic E-state index is 0.178. The molecule has 0 aliphatic rings. The van der Waals surface area contributed by atoms with E-state index in [4.69, 9.17) is 34.3 Å². The highest BCUT2D eigenvalue weighted by atomic mass is 35.5. The summed E-state index contributed by atoms with van der Waals surface area (Å²) in [5.41, 5.74) is 9.81. The molecule has 0 fully saturated rings. The molecule has 108 valence electrons. The van der Waals surface area contributed by atoms with Crippen LogP contribution in [0.5, 0.6) is 5.75 Å². The third-order valence-electron chi connectivity index (χ3n) is 2.64. The minimum Gasteiger partial charge on any atom is -0.489 e. The number of hydrogen-bond donors (Lipinski definition) is 3. The summed E-state index contributed by atoms with van der Waals surface area (Å²) >= 11 is 10.8. The van der Waals surface area contributed by atoms with Crippen molar-refractivity contribution in [2.45, 2.75) is 6.61 Å². The van der Waals surface area contributed by atoms with Crippen molar-refractivity contribution in [1.29, 1.82) is 0 Å². The number of hydrazone groups is 1. The Hall–Kier alpha value is -2.11. The molecule has 0 amide bonds. The predicted octanol–water partition coefficient (Wildman–Crippen LogP) is 1.17. The van der Waals surface area contributed by atoms with Gasteiger partial charge in [0.1, 0.15) is 12.4 Å². The molecule has 2 aromatic carbocycles. The Labute approximate surface area is 133 Å². The zero-order valence-corrected chi connectivity index (χ0v) is 12.7. The summed E-state index contributed by atoms with van der Waals surface area (Å²) in [6.45, 7) is 0.418. The van der Waals surface area contributed by atoms with E-state index in [9.17, 15) is 0 Å². The first-order valence-corrected chi connectivity index (χ1v) is 7.04. The molecule has 0 saturated heterocycles. The Balaban J connectivity index is 1.99. The van der Waals surface area contributed by atoms with Crippen LogP contribution in [0.3, 0.4) is 0 Å². The third-order valence-corrected chi connectivity index (χ3v) is 3.12. The Kier molecular flexibility index (Phi) is 5.54. The Morgan fingerprint density at radius 3 is 2.86 bits per heavy atom. The fourth-order valence-electron chi connectivity index (χ4n) is 1.66. The molecular formula is C15H15ClN3OS+. The predicted molar refractivity (Wildman–Crippen MR) is 88.3 cm³/mol. The van der Waals surface area contributed by atoms with Gasteiger partial charge >= 0.3 is 0 Å². The second-order valence-corrected chi connectivity index (χ2v) is 5.08. The molecule has 4 N–H and O–H groups in total. The van der Waals surface area contributed by atoms with Crippen LogP contribution in [0, 0.1) is 0 Å². The minimum atomic E-state index is 0.178. The molecule has 0 unspecified atom stereocenters. The molecule has 4 nitrogen and oxygen atoms in total. The van der Waals surface area contributed by atoms with Gasteiger partial charge in [-0.05, 0) is 36.5 Å². The van der Waals surface area contributed by atoms with Crippen molar-refractivity contribution in [3.8, 4) is 5.75 Å². The van der Waals surface area contributed by atoms with Crippen molar-refractivity contribution in [3.63, 3.8) is 0 Å². The number of rotatable bonds is 5. The number of benzene rings is 2. The number of ether oxygens (including phenoxy) is 1. The first kappa shape index (κ1) is 15.3. The van der Waals surface area contributed by atoms with E-state index in [2.05, 4.69) is 10.5 Å². The number of halogens is 1. The van der Waals surface area contributed by atoms with Crippen LogP contribution in [0.25, 0.3) is 0 Å². The summed E-state index contributed by atoms with van der Waals surface area (Å²) < 4.78 is 5.74. The third kappa shape index (κ3) is 5.06. The van der Waals surface area contributed by atoms with Crippen LogP contribution in [0.4, 0.5) is 0 Å². The average molecular weight is 321 g/mol. The monoisotopic (exact) mass is 320 g/mol. The van der Waals surface area contributed by atoms with Crippen molar-refractivity contribution in [1.82, 2.24) is 5.43 Å². The van der Waals surface area contributed by atoms with Gasteiger partial charge in [0.2, 0.25) is 5.11 Å². The molecule has 6 heteroatoms. The maximum Gasteiger partial charge on any atom is 0.221 e. The van der Waals surface area contributed by atoms with Gasteiger partial charge in [-0.3, -0.25) is 0 Å². The summed E-state index contributed by atoms with van der Waals surface area (Å²) in [5, 5.41) is 3.67. The van der Waals surface area contributed by atoms with E-state index in [1.165, 1.54) is 0 Å². The summed E-state index contributed by atoms with van der Waals surface area (Å²) in [6, 6.07) is 15.2. The smallest absolute Gasteiger partial charge is 0.221 e. The van der Waals surface area contributed by atoms with Crippen LogP contribution in [-0.4, -0.2) is 11.3 Å². The molecule has 0 spiro atoms. The van der Waals surface area contributed by atoms with Gasteiger partial charge in [0.05, 0.1) is 0 Å². The fraction of sp³-hybridized carbons (Fsp3) is 0.0667.